The SMILES string of the molecule is COc1ccc2c(c1)C(CN1CCC(Oc3ccccc3)CC1)CC2. The van der Waals surface area contributed by atoms with Crippen LogP contribution in [-0.4, -0.2) is 37.7 Å². The second kappa shape index (κ2) is 7.49. The Balaban J connectivity index is 1.31. The minimum atomic E-state index is 0.356. The van der Waals surface area contributed by atoms with Gasteiger partial charge in [-0.2, -0.15) is 0 Å². The Morgan fingerprint density at radius 2 is 1.76 bits per heavy atom. The summed E-state index contributed by atoms with van der Waals surface area (Å²) in [6.07, 6.45) is 5.06. The summed E-state index contributed by atoms with van der Waals surface area (Å²) in [5.74, 6) is 2.63. The highest BCUT2D eigenvalue weighted by atomic mass is 16.5. The highest BCUT2D eigenvalue weighted by Crippen LogP contribution is 2.36. The van der Waals surface area contributed by atoms with Crippen LogP contribution in [0.1, 0.15) is 36.3 Å². The molecule has 4 rings (SSSR count). The summed E-state index contributed by atoms with van der Waals surface area (Å²) in [7, 11) is 1.75. The van der Waals surface area contributed by atoms with Crippen LogP contribution < -0.4 is 9.47 Å². The zero-order valence-electron chi connectivity index (χ0n) is 15.0. The summed E-state index contributed by atoms with van der Waals surface area (Å²) < 4.78 is 11.5. The van der Waals surface area contributed by atoms with Gasteiger partial charge in [-0.3, -0.25) is 0 Å². The topological polar surface area (TPSA) is 21.7 Å². The summed E-state index contributed by atoms with van der Waals surface area (Å²) in [5, 5.41) is 0. The molecule has 0 saturated carbocycles. The first kappa shape index (κ1) is 16.5. The molecule has 0 amide bonds. The maximum atomic E-state index is 6.12. The van der Waals surface area contributed by atoms with Gasteiger partial charge in [0.15, 0.2) is 0 Å². The molecular formula is C22H27NO2. The van der Waals surface area contributed by atoms with Crippen LogP contribution in [0.2, 0.25) is 0 Å². The number of hydrogen-bond acceptors (Lipinski definition) is 3. The fourth-order valence-electron chi connectivity index (χ4n) is 4.20. The fourth-order valence-corrected chi connectivity index (χ4v) is 4.20. The van der Waals surface area contributed by atoms with Crippen molar-refractivity contribution in [3.8, 4) is 11.5 Å². The van der Waals surface area contributed by atoms with Crippen molar-refractivity contribution >= 4 is 0 Å². The molecule has 2 aliphatic rings. The van der Waals surface area contributed by atoms with Gasteiger partial charge in [0.05, 0.1) is 7.11 Å². The van der Waals surface area contributed by atoms with Crippen molar-refractivity contribution in [1.29, 1.82) is 0 Å². The van der Waals surface area contributed by atoms with E-state index in [1.165, 1.54) is 24.0 Å². The molecule has 0 radical (unpaired) electrons. The van der Waals surface area contributed by atoms with Crippen molar-refractivity contribution in [3.63, 3.8) is 0 Å². The number of hydrogen-bond donors (Lipinski definition) is 0. The van der Waals surface area contributed by atoms with Crippen LogP contribution in [0.3, 0.4) is 0 Å². The monoisotopic (exact) mass is 337 g/mol. The number of methoxy groups -OCH3 is 1. The Morgan fingerprint density at radius 3 is 2.52 bits per heavy atom. The van der Waals surface area contributed by atoms with Crippen LogP contribution in [0.25, 0.3) is 0 Å². The number of para-hydroxylation sites is 1. The Bertz CT molecular complexity index is 692. The molecule has 0 spiro atoms. The lowest BCUT2D eigenvalue weighted by molar-refractivity contribution is 0.0969. The first-order chi connectivity index (χ1) is 12.3. The Hall–Kier alpha value is -2.00. The first-order valence-electron chi connectivity index (χ1n) is 9.42. The Morgan fingerprint density at radius 1 is 0.960 bits per heavy atom. The van der Waals surface area contributed by atoms with E-state index < -0.39 is 0 Å². The number of aryl methyl sites for hydroxylation is 1. The van der Waals surface area contributed by atoms with Gasteiger partial charge < -0.3 is 14.4 Å². The number of piperidine rings is 1. The molecule has 0 bridgehead atoms. The summed E-state index contributed by atoms with van der Waals surface area (Å²) in [6.45, 7) is 3.43. The molecule has 3 nitrogen and oxygen atoms in total. The molecule has 3 heteroatoms. The van der Waals surface area contributed by atoms with Crippen LogP contribution in [-0.2, 0) is 6.42 Å². The predicted molar refractivity (Wildman–Crippen MR) is 101 cm³/mol. The zero-order chi connectivity index (χ0) is 17.1. The maximum absolute atomic E-state index is 6.12. The number of rotatable bonds is 5. The number of nitrogens with zero attached hydrogens (tertiary/aromatic N) is 1. The number of ether oxygens (including phenoxy) is 2. The Kier molecular flexibility index (Phi) is 4.93. The van der Waals surface area contributed by atoms with Gasteiger partial charge in [0.2, 0.25) is 0 Å². The van der Waals surface area contributed by atoms with Gasteiger partial charge in [-0.15, -0.1) is 0 Å². The second-order valence-electron chi connectivity index (χ2n) is 7.23. The van der Waals surface area contributed by atoms with Crippen LogP contribution in [0, 0.1) is 0 Å². The number of benzene rings is 2. The molecule has 1 aliphatic carbocycles. The molecule has 25 heavy (non-hydrogen) atoms. The lowest BCUT2D eigenvalue weighted by atomic mass is 9.98. The standard InChI is InChI=1S/C22H27NO2/c1-24-21-10-9-17-7-8-18(22(17)15-21)16-23-13-11-20(12-14-23)25-19-5-3-2-4-6-19/h2-6,9-10,15,18,20H,7-8,11-14,16H2,1H3. The van der Waals surface area contributed by atoms with Gasteiger partial charge in [-0.1, -0.05) is 24.3 Å². The lowest BCUT2D eigenvalue weighted by Gasteiger charge is -2.33. The van der Waals surface area contributed by atoms with Gasteiger partial charge in [-0.05, 0) is 67.0 Å². The van der Waals surface area contributed by atoms with Gasteiger partial charge in [0.25, 0.3) is 0 Å². The summed E-state index contributed by atoms with van der Waals surface area (Å²) in [5.41, 5.74) is 3.01. The van der Waals surface area contributed by atoms with Crippen LogP contribution in [0.5, 0.6) is 11.5 Å². The normalized spacial score (nSPS) is 21.1. The van der Waals surface area contributed by atoms with E-state index in [0.29, 0.717) is 12.0 Å². The van der Waals surface area contributed by atoms with E-state index in [9.17, 15) is 0 Å². The van der Waals surface area contributed by atoms with Gasteiger partial charge in [0.1, 0.15) is 17.6 Å². The first-order valence-corrected chi connectivity index (χ1v) is 9.42. The average Bonchev–Trinajstić information content (AvgIpc) is 3.06. The van der Waals surface area contributed by atoms with Crippen LogP contribution in [0.4, 0.5) is 0 Å². The Labute approximate surface area is 150 Å². The van der Waals surface area contributed by atoms with E-state index in [-0.39, 0.29) is 0 Å². The zero-order valence-corrected chi connectivity index (χ0v) is 15.0. The van der Waals surface area contributed by atoms with Crippen molar-refractivity contribution in [2.75, 3.05) is 26.7 Å². The minimum Gasteiger partial charge on any atom is -0.497 e. The van der Waals surface area contributed by atoms with Crippen LogP contribution >= 0.6 is 0 Å². The van der Waals surface area contributed by atoms with Crippen molar-refractivity contribution in [2.45, 2.75) is 37.7 Å². The van der Waals surface area contributed by atoms with Crippen molar-refractivity contribution in [2.24, 2.45) is 0 Å². The van der Waals surface area contributed by atoms with E-state index in [1.807, 2.05) is 18.2 Å². The van der Waals surface area contributed by atoms with Crippen LogP contribution in [0.15, 0.2) is 48.5 Å². The smallest absolute Gasteiger partial charge is 0.119 e. The van der Waals surface area contributed by atoms with E-state index in [0.717, 1.165) is 44.0 Å². The molecule has 2 aromatic carbocycles. The van der Waals surface area contributed by atoms with Gasteiger partial charge in [-0.25, -0.2) is 0 Å². The third-order valence-corrected chi connectivity index (χ3v) is 5.61. The lowest BCUT2D eigenvalue weighted by Crippen LogP contribution is -2.40. The molecule has 2 aromatic rings. The van der Waals surface area contributed by atoms with Crippen molar-refractivity contribution in [3.05, 3.63) is 59.7 Å². The van der Waals surface area contributed by atoms with Gasteiger partial charge in [0, 0.05) is 19.6 Å². The molecular weight excluding hydrogens is 310 g/mol. The average molecular weight is 337 g/mol. The molecule has 1 heterocycles. The highest BCUT2D eigenvalue weighted by Gasteiger charge is 2.27. The third kappa shape index (κ3) is 3.82. The highest BCUT2D eigenvalue weighted by molar-refractivity contribution is 5.41. The number of fused-ring (bicyclic) bond motifs is 1. The molecule has 1 atom stereocenters. The molecule has 0 aromatic heterocycles. The molecule has 1 aliphatic heterocycles. The minimum absolute atomic E-state index is 0.356. The molecule has 132 valence electrons. The van der Waals surface area contributed by atoms with E-state index in [1.54, 1.807) is 7.11 Å². The predicted octanol–water partition coefficient (Wildman–Crippen LogP) is 4.27. The summed E-state index contributed by atoms with van der Waals surface area (Å²) in [6, 6.07) is 16.8. The fraction of sp³-hybridized carbons (Fsp3) is 0.455. The van der Waals surface area contributed by atoms with Gasteiger partial charge >= 0.3 is 0 Å². The summed E-state index contributed by atoms with van der Waals surface area (Å²) in [4.78, 5) is 2.62. The largest absolute Gasteiger partial charge is 0.497 e. The number of likely N-dealkylation sites (tertiary alicyclic amines) is 1. The van der Waals surface area contributed by atoms with Crippen molar-refractivity contribution in [1.82, 2.24) is 4.90 Å². The molecule has 0 N–H and O–H groups in total. The molecule has 1 unspecified atom stereocenters. The quantitative estimate of drug-likeness (QED) is 0.813. The molecule has 1 fully saturated rings. The van der Waals surface area contributed by atoms with E-state index in [4.69, 9.17) is 9.47 Å². The van der Waals surface area contributed by atoms with E-state index >= 15 is 0 Å². The molecule has 1 saturated heterocycles. The third-order valence-electron chi connectivity index (χ3n) is 5.61. The maximum Gasteiger partial charge on any atom is 0.119 e. The second-order valence-corrected chi connectivity index (χ2v) is 7.23. The van der Waals surface area contributed by atoms with E-state index in [2.05, 4.69) is 35.2 Å². The summed E-state index contributed by atoms with van der Waals surface area (Å²) >= 11 is 0. The van der Waals surface area contributed by atoms with Crippen molar-refractivity contribution < 1.29 is 9.47 Å².